The van der Waals surface area contributed by atoms with Crippen LogP contribution >= 0.6 is 0 Å². The van der Waals surface area contributed by atoms with Crippen molar-refractivity contribution in [2.45, 2.75) is 38.6 Å². The van der Waals surface area contributed by atoms with E-state index >= 15 is 0 Å². The molecule has 1 heterocycles. The van der Waals surface area contributed by atoms with E-state index in [2.05, 4.69) is 28.6 Å². The van der Waals surface area contributed by atoms with E-state index in [1.165, 1.54) is 31.4 Å². The number of hydrogen-bond donors (Lipinski definition) is 2. The molecule has 1 aliphatic carbocycles. The summed E-state index contributed by atoms with van der Waals surface area (Å²) in [5.41, 5.74) is 1.19. The first-order valence-electron chi connectivity index (χ1n) is 5.85. The van der Waals surface area contributed by atoms with E-state index in [1.807, 2.05) is 12.3 Å². The zero-order valence-corrected chi connectivity index (χ0v) is 9.29. The monoisotopic (exact) mass is 205 g/mol. The Kier molecular flexibility index (Phi) is 3.43. The maximum Gasteiger partial charge on any atom is 0.127 e. The van der Waals surface area contributed by atoms with Gasteiger partial charge in [-0.15, -0.1) is 0 Å². The van der Waals surface area contributed by atoms with Gasteiger partial charge >= 0.3 is 0 Å². The van der Waals surface area contributed by atoms with Gasteiger partial charge < -0.3 is 10.6 Å². The minimum atomic E-state index is 0.668. The Morgan fingerprint density at radius 3 is 2.93 bits per heavy atom. The second-order valence-electron chi connectivity index (χ2n) is 4.09. The van der Waals surface area contributed by atoms with Crippen molar-refractivity contribution in [2.24, 2.45) is 0 Å². The smallest absolute Gasteiger partial charge is 0.127 e. The fourth-order valence-electron chi connectivity index (χ4n) is 2.10. The Labute approximate surface area is 91.3 Å². The molecule has 0 unspecified atom stereocenters. The third-order valence-corrected chi connectivity index (χ3v) is 2.84. The van der Waals surface area contributed by atoms with E-state index in [-0.39, 0.29) is 0 Å². The van der Waals surface area contributed by atoms with E-state index in [1.54, 1.807) is 0 Å². The highest BCUT2D eigenvalue weighted by Gasteiger charge is 2.14. The normalized spacial score (nSPS) is 16.6. The molecule has 3 heteroatoms. The number of nitrogens with zero attached hydrogens (tertiary/aromatic N) is 1. The number of hydrogen-bond acceptors (Lipinski definition) is 3. The van der Waals surface area contributed by atoms with Crippen LogP contribution in [0.25, 0.3) is 0 Å². The minimum absolute atomic E-state index is 0.668. The van der Waals surface area contributed by atoms with E-state index < -0.39 is 0 Å². The molecule has 2 rings (SSSR count). The summed E-state index contributed by atoms with van der Waals surface area (Å²) in [7, 11) is 0. The Hall–Kier alpha value is -1.25. The fraction of sp³-hybridized carbons (Fsp3) is 0.583. The molecule has 15 heavy (non-hydrogen) atoms. The molecule has 0 atom stereocenters. The number of aromatic nitrogens is 1. The average Bonchev–Trinajstić information content (AvgIpc) is 2.71. The van der Waals surface area contributed by atoms with Crippen LogP contribution < -0.4 is 10.6 Å². The summed E-state index contributed by atoms with van der Waals surface area (Å²) in [6.07, 6.45) is 7.19. The molecule has 0 spiro atoms. The summed E-state index contributed by atoms with van der Waals surface area (Å²) in [5.74, 6) is 0.959. The van der Waals surface area contributed by atoms with Gasteiger partial charge in [0.1, 0.15) is 5.82 Å². The summed E-state index contributed by atoms with van der Waals surface area (Å²) in [4.78, 5) is 4.25. The highest BCUT2D eigenvalue weighted by Crippen LogP contribution is 2.22. The van der Waals surface area contributed by atoms with Crippen LogP contribution in [0.3, 0.4) is 0 Å². The summed E-state index contributed by atoms with van der Waals surface area (Å²) >= 11 is 0. The summed E-state index contributed by atoms with van der Waals surface area (Å²) in [6.45, 7) is 3.00. The van der Waals surface area contributed by atoms with Gasteiger partial charge in [0.2, 0.25) is 0 Å². The SMILES string of the molecule is CCNc1cc(NC2CCCC2)ccn1. The molecule has 1 aromatic heterocycles. The molecule has 0 aromatic carbocycles. The lowest BCUT2D eigenvalue weighted by atomic mass is 10.2. The third kappa shape index (κ3) is 2.85. The lowest BCUT2D eigenvalue weighted by Gasteiger charge is -2.14. The van der Waals surface area contributed by atoms with Crippen LogP contribution in [0.1, 0.15) is 32.6 Å². The molecular formula is C12H19N3. The van der Waals surface area contributed by atoms with E-state index in [0.717, 1.165) is 12.4 Å². The van der Waals surface area contributed by atoms with E-state index in [4.69, 9.17) is 0 Å². The molecule has 0 aliphatic heterocycles. The highest BCUT2D eigenvalue weighted by atomic mass is 15.0. The van der Waals surface area contributed by atoms with Gasteiger partial charge in [0.05, 0.1) is 0 Å². The molecule has 0 amide bonds. The topological polar surface area (TPSA) is 37.0 Å². The van der Waals surface area contributed by atoms with Crippen LogP contribution in [-0.2, 0) is 0 Å². The maximum absolute atomic E-state index is 4.25. The van der Waals surface area contributed by atoms with E-state index in [0.29, 0.717) is 6.04 Å². The van der Waals surface area contributed by atoms with Crippen molar-refractivity contribution < 1.29 is 0 Å². The highest BCUT2D eigenvalue weighted by molar-refractivity contribution is 5.52. The van der Waals surface area contributed by atoms with E-state index in [9.17, 15) is 0 Å². The average molecular weight is 205 g/mol. The van der Waals surface area contributed by atoms with Crippen LogP contribution in [0.4, 0.5) is 11.5 Å². The lowest BCUT2D eigenvalue weighted by Crippen LogP contribution is -2.14. The Morgan fingerprint density at radius 2 is 2.20 bits per heavy atom. The number of pyridine rings is 1. The van der Waals surface area contributed by atoms with Crippen molar-refractivity contribution in [3.8, 4) is 0 Å². The zero-order valence-electron chi connectivity index (χ0n) is 9.29. The summed E-state index contributed by atoms with van der Waals surface area (Å²) in [6, 6.07) is 4.79. The van der Waals surface area contributed by atoms with Crippen molar-refractivity contribution in [2.75, 3.05) is 17.2 Å². The predicted octanol–water partition coefficient (Wildman–Crippen LogP) is 2.87. The first-order chi connectivity index (χ1) is 7.38. The molecular weight excluding hydrogens is 186 g/mol. The van der Waals surface area contributed by atoms with Gasteiger partial charge in [-0.2, -0.15) is 0 Å². The van der Waals surface area contributed by atoms with Gasteiger partial charge in [0, 0.05) is 30.5 Å². The second-order valence-corrected chi connectivity index (χ2v) is 4.09. The van der Waals surface area contributed by atoms with Crippen molar-refractivity contribution in [1.29, 1.82) is 0 Å². The van der Waals surface area contributed by atoms with Crippen LogP contribution in [0.5, 0.6) is 0 Å². The van der Waals surface area contributed by atoms with Gasteiger partial charge in [-0.3, -0.25) is 0 Å². The zero-order chi connectivity index (χ0) is 10.5. The molecule has 1 saturated carbocycles. The van der Waals surface area contributed by atoms with Gasteiger partial charge in [-0.25, -0.2) is 4.98 Å². The fourth-order valence-corrected chi connectivity index (χ4v) is 2.10. The van der Waals surface area contributed by atoms with Crippen molar-refractivity contribution >= 4 is 11.5 Å². The van der Waals surface area contributed by atoms with Crippen molar-refractivity contribution in [3.63, 3.8) is 0 Å². The van der Waals surface area contributed by atoms with Crippen LogP contribution in [0, 0.1) is 0 Å². The minimum Gasteiger partial charge on any atom is -0.382 e. The van der Waals surface area contributed by atoms with Crippen LogP contribution in [-0.4, -0.2) is 17.6 Å². The molecule has 1 aromatic rings. The first-order valence-corrected chi connectivity index (χ1v) is 5.85. The van der Waals surface area contributed by atoms with Gasteiger partial charge in [0.25, 0.3) is 0 Å². The van der Waals surface area contributed by atoms with Gasteiger partial charge in [-0.05, 0) is 25.8 Å². The third-order valence-electron chi connectivity index (χ3n) is 2.84. The molecule has 2 N–H and O–H groups in total. The number of nitrogens with one attached hydrogen (secondary N) is 2. The van der Waals surface area contributed by atoms with Gasteiger partial charge in [0.15, 0.2) is 0 Å². The Balaban J connectivity index is 1.97. The van der Waals surface area contributed by atoms with Crippen LogP contribution in [0.2, 0.25) is 0 Å². The molecule has 0 saturated heterocycles. The molecule has 3 nitrogen and oxygen atoms in total. The molecule has 1 fully saturated rings. The van der Waals surface area contributed by atoms with Crippen molar-refractivity contribution in [3.05, 3.63) is 18.3 Å². The largest absolute Gasteiger partial charge is 0.382 e. The quantitative estimate of drug-likeness (QED) is 0.793. The predicted molar refractivity (Wildman–Crippen MR) is 64.3 cm³/mol. The second kappa shape index (κ2) is 5.01. The standard InChI is InChI=1S/C12H19N3/c1-2-13-12-9-11(7-8-14-12)15-10-5-3-4-6-10/h7-10H,2-6H2,1H3,(H2,13,14,15). The molecule has 0 radical (unpaired) electrons. The van der Waals surface area contributed by atoms with Gasteiger partial charge in [-0.1, -0.05) is 12.8 Å². The first kappa shape index (κ1) is 10.3. The Bertz CT molecular complexity index is 305. The summed E-state index contributed by atoms with van der Waals surface area (Å²) in [5, 5.41) is 6.78. The number of rotatable bonds is 4. The van der Waals surface area contributed by atoms with Crippen LogP contribution in [0.15, 0.2) is 18.3 Å². The molecule has 1 aliphatic rings. The molecule has 0 bridgehead atoms. The van der Waals surface area contributed by atoms with Crippen molar-refractivity contribution in [1.82, 2.24) is 4.98 Å². The lowest BCUT2D eigenvalue weighted by molar-refractivity contribution is 0.755. The Morgan fingerprint density at radius 1 is 1.40 bits per heavy atom. The number of anilines is 2. The molecule has 82 valence electrons. The maximum atomic E-state index is 4.25. The summed E-state index contributed by atoms with van der Waals surface area (Å²) < 4.78 is 0.